The number of aryl methyl sites for hydroxylation is 1. The highest BCUT2D eigenvalue weighted by atomic mass is 35.5. The van der Waals surface area contributed by atoms with Gasteiger partial charge in [0.15, 0.2) is 0 Å². The maximum atomic E-state index is 11.5. The minimum Gasteiger partial charge on any atom is -0.398 e. The number of nitrogen functional groups attached to an aromatic ring is 1. The van der Waals surface area contributed by atoms with Crippen molar-refractivity contribution in [3.63, 3.8) is 0 Å². The van der Waals surface area contributed by atoms with Gasteiger partial charge in [0.2, 0.25) is 0 Å². The monoisotopic (exact) mass is 292 g/mol. The third kappa shape index (κ3) is 4.40. The molecule has 0 amide bonds. The van der Waals surface area contributed by atoms with Gasteiger partial charge in [-0.05, 0) is 30.2 Å². The van der Waals surface area contributed by atoms with Crippen LogP contribution >= 0.6 is 11.6 Å². The van der Waals surface area contributed by atoms with Crippen LogP contribution in [-0.2, 0) is 17.9 Å². The molecule has 0 saturated heterocycles. The van der Waals surface area contributed by atoms with Gasteiger partial charge in [0, 0.05) is 36.1 Å². The third-order valence-corrected chi connectivity index (χ3v) is 3.09. The zero-order valence-electron chi connectivity index (χ0n) is 11.1. The number of aromatic nitrogens is 1. The van der Waals surface area contributed by atoms with Crippen molar-refractivity contribution in [2.45, 2.75) is 19.6 Å². The summed E-state index contributed by atoms with van der Waals surface area (Å²) in [6.07, 6.45) is 2.41. The van der Waals surface area contributed by atoms with E-state index in [0.29, 0.717) is 30.5 Å². The molecule has 20 heavy (non-hydrogen) atoms. The first-order valence-electron chi connectivity index (χ1n) is 6.43. The van der Waals surface area contributed by atoms with Gasteiger partial charge in [-0.25, -0.2) is 0 Å². The summed E-state index contributed by atoms with van der Waals surface area (Å²) in [6.45, 7) is 1.69. The lowest BCUT2D eigenvalue weighted by atomic mass is 10.2. The van der Waals surface area contributed by atoms with Gasteiger partial charge in [-0.15, -0.1) is 0 Å². The van der Waals surface area contributed by atoms with Gasteiger partial charge >= 0.3 is 0 Å². The van der Waals surface area contributed by atoms with Crippen LogP contribution in [0.25, 0.3) is 0 Å². The molecule has 2 rings (SSSR count). The summed E-state index contributed by atoms with van der Waals surface area (Å²) < 4.78 is 7.16. The normalized spacial score (nSPS) is 10.7. The molecule has 1 aromatic heterocycles. The second kappa shape index (κ2) is 7.12. The first kappa shape index (κ1) is 14.6. The van der Waals surface area contributed by atoms with Crippen molar-refractivity contribution in [1.29, 1.82) is 0 Å². The number of nitrogens with two attached hydrogens (primary N) is 1. The van der Waals surface area contributed by atoms with Gasteiger partial charge in [0.25, 0.3) is 5.56 Å². The van der Waals surface area contributed by atoms with Gasteiger partial charge in [-0.1, -0.05) is 23.7 Å². The summed E-state index contributed by atoms with van der Waals surface area (Å²) in [7, 11) is 0. The highest BCUT2D eigenvalue weighted by molar-refractivity contribution is 6.30. The number of benzene rings is 1. The number of nitrogens with zero attached hydrogens (tertiary/aromatic N) is 1. The number of hydrogen-bond acceptors (Lipinski definition) is 3. The fourth-order valence-corrected chi connectivity index (χ4v) is 2.09. The van der Waals surface area contributed by atoms with Crippen LogP contribution in [0.2, 0.25) is 5.02 Å². The molecule has 106 valence electrons. The average molecular weight is 293 g/mol. The second-order valence-corrected chi connectivity index (χ2v) is 4.97. The molecule has 1 heterocycles. The number of ether oxygens (including phenoxy) is 1. The minimum atomic E-state index is -0.0472. The number of pyridine rings is 1. The molecule has 0 aliphatic carbocycles. The molecular formula is C15H17ClN2O2. The van der Waals surface area contributed by atoms with Crippen molar-refractivity contribution < 1.29 is 4.74 Å². The molecule has 2 aromatic rings. The van der Waals surface area contributed by atoms with Crippen molar-refractivity contribution in [3.05, 3.63) is 63.5 Å². The van der Waals surface area contributed by atoms with Gasteiger partial charge in [0.05, 0.1) is 6.61 Å². The van der Waals surface area contributed by atoms with E-state index in [-0.39, 0.29) is 5.56 Å². The van der Waals surface area contributed by atoms with Crippen molar-refractivity contribution in [1.82, 2.24) is 4.57 Å². The van der Waals surface area contributed by atoms with E-state index in [4.69, 9.17) is 22.1 Å². The molecule has 0 aliphatic heterocycles. The Hall–Kier alpha value is -1.78. The first-order chi connectivity index (χ1) is 9.65. The predicted octanol–water partition coefficient (Wildman–Crippen LogP) is 2.69. The van der Waals surface area contributed by atoms with Crippen LogP contribution in [0, 0.1) is 0 Å². The summed E-state index contributed by atoms with van der Waals surface area (Å²) in [5.41, 5.74) is 7.23. The molecule has 0 saturated carbocycles. The SMILES string of the molecule is Nc1ccc(=O)n(CCCOCc2cccc(Cl)c2)c1. The Morgan fingerprint density at radius 2 is 2.10 bits per heavy atom. The molecule has 1 aromatic carbocycles. The van der Waals surface area contributed by atoms with E-state index in [0.717, 1.165) is 12.0 Å². The van der Waals surface area contributed by atoms with Crippen LogP contribution in [0.1, 0.15) is 12.0 Å². The molecule has 0 spiro atoms. The number of rotatable bonds is 6. The van der Waals surface area contributed by atoms with Gasteiger partial charge < -0.3 is 15.0 Å². The molecule has 5 heteroatoms. The van der Waals surface area contributed by atoms with Crippen LogP contribution in [-0.4, -0.2) is 11.2 Å². The number of hydrogen-bond donors (Lipinski definition) is 1. The lowest BCUT2D eigenvalue weighted by molar-refractivity contribution is 0.115. The summed E-state index contributed by atoms with van der Waals surface area (Å²) >= 11 is 5.89. The molecule has 0 radical (unpaired) electrons. The largest absolute Gasteiger partial charge is 0.398 e. The molecular weight excluding hydrogens is 276 g/mol. The maximum absolute atomic E-state index is 11.5. The second-order valence-electron chi connectivity index (χ2n) is 4.53. The third-order valence-electron chi connectivity index (χ3n) is 2.85. The van der Waals surface area contributed by atoms with E-state index >= 15 is 0 Å². The van der Waals surface area contributed by atoms with E-state index < -0.39 is 0 Å². The molecule has 2 N–H and O–H groups in total. The van der Waals surface area contributed by atoms with E-state index in [1.807, 2.05) is 24.3 Å². The minimum absolute atomic E-state index is 0.0472. The Kier molecular flexibility index (Phi) is 5.21. The Balaban J connectivity index is 1.74. The number of halogens is 1. The van der Waals surface area contributed by atoms with Gasteiger partial charge in [-0.2, -0.15) is 0 Å². The van der Waals surface area contributed by atoms with Gasteiger partial charge in [0.1, 0.15) is 0 Å². The fraction of sp³-hybridized carbons (Fsp3) is 0.267. The van der Waals surface area contributed by atoms with Gasteiger partial charge in [-0.3, -0.25) is 4.79 Å². The van der Waals surface area contributed by atoms with E-state index in [1.165, 1.54) is 6.07 Å². The quantitative estimate of drug-likeness (QED) is 0.833. The highest BCUT2D eigenvalue weighted by Crippen LogP contribution is 2.11. The summed E-state index contributed by atoms with van der Waals surface area (Å²) in [4.78, 5) is 11.5. The molecule has 0 atom stereocenters. The Labute approximate surface area is 122 Å². The lowest BCUT2D eigenvalue weighted by Crippen LogP contribution is -2.19. The summed E-state index contributed by atoms with van der Waals surface area (Å²) in [5, 5.41) is 0.706. The Morgan fingerprint density at radius 3 is 2.90 bits per heavy atom. The highest BCUT2D eigenvalue weighted by Gasteiger charge is 1.98. The van der Waals surface area contributed by atoms with Crippen molar-refractivity contribution in [2.75, 3.05) is 12.3 Å². The lowest BCUT2D eigenvalue weighted by Gasteiger charge is -2.07. The average Bonchev–Trinajstić information content (AvgIpc) is 2.42. The fourth-order valence-electron chi connectivity index (χ4n) is 1.88. The summed E-state index contributed by atoms with van der Waals surface area (Å²) in [5.74, 6) is 0. The predicted molar refractivity (Wildman–Crippen MR) is 80.8 cm³/mol. The molecule has 0 bridgehead atoms. The van der Waals surface area contributed by atoms with Crippen LogP contribution < -0.4 is 11.3 Å². The molecule has 0 fully saturated rings. The van der Waals surface area contributed by atoms with Crippen molar-refractivity contribution in [2.24, 2.45) is 0 Å². The Morgan fingerprint density at radius 1 is 1.25 bits per heavy atom. The van der Waals surface area contributed by atoms with Crippen LogP contribution in [0.3, 0.4) is 0 Å². The topological polar surface area (TPSA) is 57.2 Å². The van der Waals surface area contributed by atoms with Crippen LogP contribution in [0.4, 0.5) is 5.69 Å². The van der Waals surface area contributed by atoms with E-state index in [9.17, 15) is 4.79 Å². The standard InChI is InChI=1S/C15H17ClN2O2/c16-13-4-1-3-12(9-13)11-20-8-2-7-18-10-14(17)5-6-15(18)19/h1,3-6,9-10H,2,7-8,11,17H2. The van der Waals surface area contributed by atoms with Crippen LogP contribution in [0.5, 0.6) is 0 Å². The van der Waals surface area contributed by atoms with E-state index in [1.54, 1.807) is 16.8 Å². The molecule has 0 unspecified atom stereocenters. The van der Waals surface area contributed by atoms with E-state index in [2.05, 4.69) is 0 Å². The zero-order valence-corrected chi connectivity index (χ0v) is 11.8. The molecule has 0 aliphatic rings. The Bertz CT molecular complexity index is 625. The molecule has 4 nitrogen and oxygen atoms in total. The van der Waals surface area contributed by atoms with Crippen LogP contribution in [0.15, 0.2) is 47.4 Å². The zero-order chi connectivity index (χ0) is 14.4. The van der Waals surface area contributed by atoms with Crippen molar-refractivity contribution in [3.8, 4) is 0 Å². The van der Waals surface area contributed by atoms with Crippen molar-refractivity contribution >= 4 is 17.3 Å². The summed E-state index contributed by atoms with van der Waals surface area (Å²) in [6, 6.07) is 10.7. The number of anilines is 1. The smallest absolute Gasteiger partial charge is 0.250 e. The maximum Gasteiger partial charge on any atom is 0.250 e. The first-order valence-corrected chi connectivity index (χ1v) is 6.81.